The highest BCUT2D eigenvalue weighted by Gasteiger charge is 2.10. The van der Waals surface area contributed by atoms with Gasteiger partial charge in [0.25, 0.3) is 0 Å². The molecule has 24 heavy (non-hydrogen) atoms. The first kappa shape index (κ1) is 16.9. The fourth-order valence-electron chi connectivity index (χ4n) is 2.50. The lowest BCUT2D eigenvalue weighted by Gasteiger charge is -2.14. The molecule has 0 spiro atoms. The standard InChI is InChI=1S/C19H21BrN4/c1-13-4-9-17-16(12-13)19(21-10-11-24(2)3)23-18(22-17)14-5-7-15(20)8-6-14/h4-9,12H,10-11H2,1-3H3,(H,21,22,23). The first-order valence-corrected chi connectivity index (χ1v) is 8.75. The van der Waals surface area contributed by atoms with E-state index < -0.39 is 0 Å². The molecule has 0 saturated carbocycles. The van der Waals surface area contributed by atoms with Gasteiger partial charge in [-0.05, 0) is 45.3 Å². The van der Waals surface area contributed by atoms with E-state index >= 15 is 0 Å². The van der Waals surface area contributed by atoms with E-state index in [-0.39, 0.29) is 0 Å². The van der Waals surface area contributed by atoms with Gasteiger partial charge in [0.1, 0.15) is 5.82 Å². The summed E-state index contributed by atoms with van der Waals surface area (Å²) in [4.78, 5) is 11.7. The Balaban J connectivity index is 2.04. The van der Waals surface area contributed by atoms with Crippen molar-refractivity contribution in [3.8, 4) is 11.4 Å². The van der Waals surface area contributed by atoms with Crippen LogP contribution in [0.5, 0.6) is 0 Å². The van der Waals surface area contributed by atoms with Crippen LogP contribution in [0.2, 0.25) is 0 Å². The molecule has 0 unspecified atom stereocenters. The number of likely N-dealkylation sites (N-methyl/N-ethyl adjacent to an activating group) is 1. The molecule has 0 fully saturated rings. The fraction of sp³-hybridized carbons (Fsp3) is 0.263. The molecule has 124 valence electrons. The molecule has 3 aromatic rings. The summed E-state index contributed by atoms with van der Waals surface area (Å²) in [6.07, 6.45) is 0. The van der Waals surface area contributed by atoms with E-state index in [1.807, 2.05) is 24.3 Å². The topological polar surface area (TPSA) is 41.1 Å². The van der Waals surface area contributed by atoms with E-state index in [0.29, 0.717) is 0 Å². The van der Waals surface area contributed by atoms with Crippen LogP contribution in [0.3, 0.4) is 0 Å². The molecule has 4 nitrogen and oxygen atoms in total. The second-order valence-electron chi connectivity index (χ2n) is 6.15. The summed E-state index contributed by atoms with van der Waals surface area (Å²) in [7, 11) is 4.13. The zero-order valence-electron chi connectivity index (χ0n) is 14.2. The molecular weight excluding hydrogens is 364 g/mol. The lowest BCUT2D eigenvalue weighted by molar-refractivity contribution is 0.425. The molecule has 3 rings (SSSR count). The minimum Gasteiger partial charge on any atom is -0.368 e. The average Bonchev–Trinajstić information content (AvgIpc) is 2.55. The molecule has 1 N–H and O–H groups in total. The van der Waals surface area contributed by atoms with Crippen molar-refractivity contribution in [3.05, 3.63) is 52.5 Å². The van der Waals surface area contributed by atoms with Crippen molar-refractivity contribution in [3.63, 3.8) is 0 Å². The monoisotopic (exact) mass is 384 g/mol. The van der Waals surface area contributed by atoms with Crippen molar-refractivity contribution in [2.75, 3.05) is 32.5 Å². The maximum atomic E-state index is 4.78. The van der Waals surface area contributed by atoms with Gasteiger partial charge in [0.15, 0.2) is 5.82 Å². The summed E-state index contributed by atoms with van der Waals surface area (Å²) in [5.41, 5.74) is 3.18. The summed E-state index contributed by atoms with van der Waals surface area (Å²) in [6, 6.07) is 14.4. The average molecular weight is 385 g/mol. The van der Waals surface area contributed by atoms with Crippen LogP contribution in [0.1, 0.15) is 5.56 Å². The van der Waals surface area contributed by atoms with Crippen LogP contribution < -0.4 is 5.32 Å². The van der Waals surface area contributed by atoms with Gasteiger partial charge in [0.2, 0.25) is 0 Å². The lowest BCUT2D eigenvalue weighted by Crippen LogP contribution is -2.21. The summed E-state index contributed by atoms with van der Waals surface area (Å²) in [5, 5.41) is 4.53. The summed E-state index contributed by atoms with van der Waals surface area (Å²) >= 11 is 3.47. The molecule has 1 heterocycles. The molecular formula is C19H21BrN4. The normalized spacial score (nSPS) is 11.2. The van der Waals surface area contributed by atoms with E-state index in [1.165, 1.54) is 5.56 Å². The zero-order chi connectivity index (χ0) is 17.1. The number of hydrogen-bond donors (Lipinski definition) is 1. The number of benzene rings is 2. The molecule has 0 bridgehead atoms. The van der Waals surface area contributed by atoms with E-state index in [0.717, 1.165) is 45.7 Å². The highest BCUT2D eigenvalue weighted by atomic mass is 79.9. The molecule has 1 aromatic heterocycles. The smallest absolute Gasteiger partial charge is 0.162 e. The van der Waals surface area contributed by atoms with E-state index in [9.17, 15) is 0 Å². The molecule has 0 saturated heterocycles. The third-order valence-corrected chi connectivity index (χ3v) is 4.33. The molecule has 0 atom stereocenters. The Labute approximate surface area is 151 Å². The van der Waals surface area contributed by atoms with Crippen molar-refractivity contribution in [1.29, 1.82) is 0 Å². The van der Waals surface area contributed by atoms with Crippen LogP contribution in [0, 0.1) is 6.92 Å². The number of aryl methyl sites for hydroxylation is 1. The molecule has 0 amide bonds. The Morgan fingerprint density at radius 3 is 2.50 bits per heavy atom. The van der Waals surface area contributed by atoms with Crippen LogP contribution in [0.25, 0.3) is 22.3 Å². The van der Waals surface area contributed by atoms with Crippen molar-refractivity contribution in [2.45, 2.75) is 6.92 Å². The highest BCUT2D eigenvalue weighted by Crippen LogP contribution is 2.26. The third kappa shape index (κ3) is 3.91. The predicted molar refractivity (Wildman–Crippen MR) is 104 cm³/mol. The van der Waals surface area contributed by atoms with Gasteiger partial charge in [-0.1, -0.05) is 39.7 Å². The van der Waals surface area contributed by atoms with Gasteiger partial charge in [0.05, 0.1) is 5.52 Å². The molecule has 2 aromatic carbocycles. The van der Waals surface area contributed by atoms with Crippen molar-refractivity contribution in [1.82, 2.24) is 14.9 Å². The highest BCUT2D eigenvalue weighted by molar-refractivity contribution is 9.10. The van der Waals surface area contributed by atoms with Crippen LogP contribution in [0.15, 0.2) is 46.9 Å². The maximum absolute atomic E-state index is 4.78. The SMILES string of the molecule is Cc1ccc2nc(-c3ccc(Br)cc3)nc(NCCN(C)C)c2c1. The summed E-state index contributed by atoms with van der Waals surface area (Å²) < 4.78 is 1.05. The van der Waals surface area contributed by atoms with E-state index in [1.54, 1.807) is 0 Å². The van der Waals surface area contributed by atoms with Gasteiger partial charge in [-0.3, -0.25) is 0 Å². The number of halogens is 1. The molecule has 0 aliphatic heterocycles. The quantitative estimate of drug-likeness (QED) is 0.710. The van der Waals surface area contributed by atoms with Gasteiger partial charge < -0.3 is 10.2 Å². The number of rotatable bonds is 5. The molecule has 0 aliphatic rings. The van der Waals surface area contributed by atoms with Crippen LogP contribution in [0.4, 0.5) is 5.82 Å². The van der Waals surface area contributed by atoms with E-state index in [2.05, 4.69) is 65.4 Å². The van der Waals surface area contributed by atoms with Crippen molar-refractivity contribution < 1.29 is 0 Å². The van der Waals surface area contributed by atoms with E-state index in [4.69, 9.17) is 9.97 Å². The number of anilines is 1. The Bertz CT molecular complexity index is 844. The van der Waals surface area contributed by atoms with Gasteiger partial charge in [0, 0.05) is 28.5 Å². The minimum absolute atomic E-state index is 0.742. The van der Waals surface area contributed by atoms with Gasteiger partial charge >= 0.3 is 0 Å². The first-order chi connectivity index (χ1) is 11.5. The minimum atomic E-state index is 0.742. The largest absolute Gasteiger partial charge is 0.368 e. The predicted octanol–water partition coefficient (Wildman–Crippen LogP) is 4.34. The Morgan fingerprint density at radius 1 is 1.04 bits per heavy atom. The maximum Gasteiger partial charge on any atom is 0.162 e. The van der Waals surface area contributed by atoms with Crippen molar-refractivity contribution >= 4 is 32.7 Å². The second-order valence-corrected chi connectivity index (χ2v) is 7.07. The van der Waals surface area contributed by atoms with Crippen LogP contribution in [-0.4, -0.2) is 42.1 Å². The van der Waals surface area contributed by atoms with Crippen LogP contribution in [-0.2, 0) is 0 Å². The Hall–Kier alpha value is -1.98. The second kappa shape index (κ2) is 7.28. The number of hydrogen-bond acceptors (Lipinski definition) is 4. The zero-order valence-corrected chi connectivity index (χ0v) is 15.8. The summed E-state index contributed by atoms with van der Waals surface area (Å²) in [5.74, 6) is 1.63. The van der Waals surface area contributed by atoms with Gasteiger partial charge in [-0.2, -0.15) is 0 Å². The third-order valence-electron chi connectivity index (χ3n) is 3.81. The number of fused-ring (bicyclic) bond motifs is 1. The Kier molecular flexibility index (Phi) is 5.11. The fourth-order valence-corrected chi connectivity index (χ4v) is 2.77. The lowest BCUT2D eigenvalue weighted by atomic mass is 10.1. The number of nitrogens with one attached hydrogen (secondary N) is 1. The Morgan fingerprint density at radius 2 is 1.79 bits per heavy atom. The van der Waals surface area contributed by atoms with Gasteiger partial charge in [-0.25, -0.2) is 9.97 Å². The first-order valence-electron chi connectivity index (χ1n) is 7.96. The molecule has 5 heteroatoms. The molecule has 0 aliphatic carbocycles. The molecule has 0 radical (unpaired) electrons. The summed E-state index contributed by atoms with van der Waals surface area (Å²) in [6.45, 7) is 3.88. The van der Waals surface area contributed by atoms with Crippen molar-refractivity contribution in [2.24, 2.45) is 0 Å². The number of aromatic nitrogens is 2. The number of nitrogens with zero attached hydrogens (tertiary/aromatic N) is 3. The van der Waals surface area contributed by atoms with Gasteiger partial charge in [-0.15, -0.1) is 0 Å². The van der Waals surface area contributed by atoms with Crippen LogP contribution >= 0.6 is 15.9 Å².